The Morgan fingerprint density at radius 3 is 1.42 bits per heavy atom. The highest BCUT2D eigenvalue weighted by Crippen LogP contribution is 2.52. The van der Waals surface area contributed by atoms with Gasteiger partial charge in [-0.1, -0.05) is 45.1 Å². The van der Waals surface area contributed by atoms with Gasteiger partial charge in [0.1, 0.15) is 7.85 Å². The number of likely N-dealkylation sites (tertiary alicyclic amines) is 2. The zero-order chi connectivity index (χ0) is 26.4. The fraction of sp³-hybridized carbons (Fsp3) is 0.655. The first kappa shape index (κ1) is 26.6. The van der Waals surface area contributed by atoms with E-state index in [0.29, 0.717) is 25.8 Å². The number of fused-ring (bicyclic) bond motifs is 2. The van der Waals surface area contributed by atoms with E-state index in [-0.39, 0.29) is 76.4 Å². The Morgan fingerprint density at radius 1 is 0.722 bits per heavy atom. The van der Waals surface area contributed by atoms with E-state index in [1.807, 2.05) is 20.0 Å². The molecule has 0 aromatic carbocycles. The predicted octanol–water partition coefficient (Wildman–Crippen LogP) is 3.20. The van der Waals surface area contributed by atoms with Crippen LogP contribution in [0.4, 0.5) is 0 Å². The van der Waals surface area contributed by atoms with E-state index in [9.17, 15) is 19.2 Å². The Morgan fingerprint density at radius 2 is 1.08 bits per heavy atom. The van der Waals surface area contributed by atoms with Gasteiger partial charge in [-0.25, -0.2) is 0 Å². The van der Waals surface area contributed by atoms with Gasteiger partial charge in [-0.2, -0.15) is 0 Å². The Balaban J connectivity index is 1.58. The lowest BCUT2D eigenvalue weighted by atomic mass is 9.79. The maximum Gasteiger partial charge on any atom is 0.233 e. The molecule has 0 aromatic heterocycles. The van der Waals surface area contributed by atoms with E-state index < -0.39 is 0 Å². The molecule has 0 aromatic rings. The van der Waals surface area contributed by atoms with E-state index in [1.54, 1.807) is 4.90 Å². The summed E-state index contributed by atoms with van der Waals surface area (Å²) in [4.78, 5) is 56.0. The van der Waals surface area contributed by atoms with E-state index in [0.717, 1.165) is 19.3 Å². The number of carbonyl (C=O) groups is 4. The zero-order valence-corrected chi connectivity index (χ0v) is 22.3. The summed E-state index contributed by atoms with van der Waals surface area (Å²) in [5.41, 5.74) is -0.0436. The van der Waals surface area contributed by atoms with Crippen LogP contribution in [-0.2, 0) is 19.2 Å². The van der Waals surface area contributed by atoms with Crippen LogP contribution >= 0.6 is 0 Å². The average Bonchev–Trinajstić information content (AvgIpc) is 3.58. The van der Waals surface area contributed by atoms with E-state index >= 15 is 0 Å². The van der Waals surface area contributed by atoms with Crippen LogP contribution in [0.3, 0.4) is 0 Å². The fourth-order valence-corrected chi connectivity index (χ4v) is 7.62. The first-order valence-electron chi connectivity index (χ1n) is 13.9. The minimum absolute atomic E-state index is 0.0228. The van der Waals surface area contributed by atoms with Crippen molar-refractivity contribution in [2.24, 2.45) is 52.8 Å². The van der Waals surface area contributed by atoms with Gasteiger partial charge in [-0.3, -0.25) is 29.0 Å². The molecular formula is C29H41BN2O4. The van der Waals surface area contributed by atoms with Gasteiger partial charge in [-0.05, 0) is 67.6 Å². The summed E-state index contributed by atoms with van der Waals surface area (Å²) >= 11 is 0. The molecule has 2 aliphatic carbocycles. The van der Waals surface area contributed by atoms with Crippen molar-refractivity contribution in [2.45, 2.75) is 52.9 Å². The molecule has 2 aliphatic heterocycles. The number of hydrogen-bond acceptors (Lipinski definition) is 4. The first-order valence-corrected chi connectivity index (χ1v) is 13.9. The third kappa shape index (κ3) is 3.94. The Hall–Kier alpha value is -2.44. The van der Waals surface area contributed by atoms with Crippen LogP contribution in [0.1, 0.15) is 52.9 Å². The minimum atomic E-state index is -0.375. The molecule has 6 nitrogen and oxygen atoms in total. The van der Waals surface area contributed by atoms with Crippen LogP contribution in [0.5, 0.6) is 0 Å². The third-order valence-corrected chi connectivity index (χ3v) is 10.2. The Kier molecular flexibility index (Phi) is 7.50. The molecular weight excluding hydrogens is 451 g/mol. The minimum Gasteiger partial charge on any atom is -0.291 e. The van der Waals surface area contributed by atoms with Crippen molar-refractivity contribution in [3.05, 3.63) is 37.5 Å². The molecule has 7 heteroatoms. The quantitative estimate of drug-likeness (QED) is 0.267. The summed E-state index contributed by atoms with van der Waals surface area (Å²) in [6, 6.07) is 0. The zero-order valence-electron chi connectivity index (χ0n) is 22.3. The molecule has 36 heavy (non-hydrogen) atoms. The van der Waals surface area contributed by atoms with Crippen molar-refractivity contribution >= 4 is 31.5 Å². The van der Waals surface area contributed by atoms with Gasteiger partial charge in [0.2, 0.25) is 23.6 Å². The van der Waals surface area contributed by atoms with Gasteiger partial charge in [-0.15, -0.1) is 13.2 Å². The van der Waals surface area contributed by atoms with Crippen LogP contribution < -0.4 is 0 Å². The maximum absolute atomic E-state index is 13.7. The molecule has 4 amide bonds. The van der Waals surface area contributed by atoms with E-state index in [4.69, 9.17) is 0 Å². The number of amides is 4. The van der Waals surface area contributed by atoms with E-state index in [2.05, 4.69) is 46.1 Å². The van der Waals surface area contributed by atoms with Gasteiger partial charge in [0.25, 0.3) is 0 Å². The number of carbonyl (C=O) groups excluding carboxylic acids is 4. The summed E-state index contributed by atoms with van der Waals surface area (Å²) < 4.78 is 0. The molecule has 0 N–H and O–H groups in total. The van der Waals surface area contributed by atoms with Gasteiger partial charge in [0, 0.05) is 6.54 Å². The van der Waals surface area contributed by atoms with Crippen molar-refractivity contribution in [2.75, 3.05) is 13.0 Å². The lowest BCUT2D eigenvalue weighted by molar-refractivity contribution is -0.143. The molecule has 0 bridgehead atoms. The molecule has 8 atom stereocenters. The van der Waals surface area contributed by atoms with Crippen molar-refractivity contribution in [1.29, 1.82) is 0 Å². The predicted molar refractivity (Wildman–Crippen MR) is 142 cm³/mol. The average molecular weight is 492 g/mol. The highest BCUT2D eigenvalue weighted by atomic mass is 16.2. The SMILES string of the molecule is BCN1C(=O)C2C(C=C)CC(/C=C\C3CC(C=C)C4C(=O)N(CC(CC)(CC)CC)C(=O)C34)C2C1=O. The second-order valence-corrected chi connectivity index (χ2v) is 11.3. The monoisotopic (exact) mass is 492 g/mol. The van der Waals surface area contributed by atoms with Crippen LogP contribution in [0.2, 0.25) is 0 Å². The summed E-state index contributed by atoms with van der Waals surface area (Å²) in [5, 5.41) is 0. The number of nitrogens with zero attached hydrogens (tertiary/aromatic N) is 2. The van der Waals surface area contributed by atoms with Gasteiger partial charge in [0.05, 0.1) is 23.7 Å². The Labute approximate surface area is 216 Å². The second kappa shape index (κ2) is 10.1. The van der Waals surface area contributed by atoms with Crippen LogP contribution in [0.15, 0.2) is 37.5 Å². The molecule has 4 aliphatic rings. The standard InChI is InChI=1S/C29H41BN2O4/c1-6-17-13-19(23-21(17)25(33)31(26(23)34)15-29(8-3,9-4)10-5)11-12-20-14-18(7-2)22-24(20)28(36)32(16-30)27(22)35/h6-7,11-12,17-24H,1-2,8-10,13-16,30H2,3-5H3/b12-11-. The first-order chi connectivity index (χ1) is 17.2. The largest absolute Gasteiger partial charge is 0.291 e. The second-order valence-electron chi connectivity index (χ2n) is 11.3. The number of imide groups is 2. The van der Waals surface area contributed by atoms with Crippen molar-refractivity contribution in [1.82, 2.24) is 9.80 Å². The smallest absolute Gasteiger partial charge is 0.233 e. The Bertz CT molecular complexity index is 977. The molecule has 8 unspecified atom stereocenters. The van der Waals surface area contributed by atoms with Gasteiger partial charge in [0.15, 0.2) is 0 Å². The van der Waals surface area contributed by atoms with Gasteiger partial charge < -0.3 is 0 Å². The van der Waals surface area contributed by atoms with Gasteiger partial charge >= 0.3 is 0 Å². The van der Waals surface area contributed by atoms with Crippen molar-refractivity contribution in [3.63, 3.8) is 0 Å². The summed E-state index contributed by atoms with van der Waals surface area (Å²) in [6.07, 6.45) is 12.4. The third-order valence-electron chi connectivity index (χ3n) is 10.2. The summed E-state index contributed by atoms with van der Waals surface area (Å²) in [7, 11) is 1.83. The van der Waals surface area contributed by atoms with Crippen LogP contribution in [0, 0.1) is 52.8 Å². The molecule has 4 fully saturated rings. The number of allylic oxidation sites excluding steroid dienone is 4. The van der Waals surface area contributed by atoms with Crippen molar-refractivity contribution < 1.29 is 19.2 Å². The number of hydrogen-bond donors (Lipinski definition) is 0. The molecule has 2 saturated heterocycles. The lowest BCUT2D eigenvalue weighted by Crippen LogP contribution is -2.42. The molecule has 0 spiro atoms. The molecule has 2 heterocycles. The van der Waals surface area contributed by atoms with E-state index in [1.165, 1.54) is 4.90 Å². The molecule has 2 saturated carbocycles. The lowest BCUT2D eigenvalue weighted by Gasteiger charge is -2.34. The molecule has 0 radical (unpaired) electrons. The normalized spacial score (nSPS) is 36.3. The maximum atomic E-state index is 13.7. The highest BCUT2D eigenvalue weighted by Gasteiger charge is 2.59. The topological polar surface area (TPSA) is 74.8 Å². The number of rotatable bonds is 10. The van der Waals surface area contributed by atoms with Crippen LogP contribution in [0.25, 0.3) is 0 Å². The fourth-order valence-electron chi connectivity index (χ4n) is 7.62. The van der Waals surface area contributed by atoms with Crippen molar-refractivity contribution in [3.8, 4) is 0 Å². The summed E-state index contributed by atoms with van der Waals surface area (Å²) in [6.45, 7) is 14.8. The molecule has 4 rings (SSSR count). The van der Waals surface area contributed by atoms with Crippen LogP contribution in [-0.4, -0.2) is 54.3 Å². The molecule has 194 valence electrons. The summed E-state index contributed by atoms with van der Waals surface area (Å²) in [5.74, 6) is -1.90. The highest BCUT2D eigenvalue weighted by molar-refractivity contribution is 6.15.